The van der Waals surface area contributed by atoms with Crippen molar-refractivity contribution in [1.82, 2.24) is 0 Å². The third kappa shape index (κ3) is 9.82. The maximum atomic E-state index is 11.6. The fourth-order valence-corrected chi connectivity index (χ4v) is 2.26. The van der Waals surface area contributed by atoms with Gasteiger partial charge in [-0.2, -0.15) is 0 Å². The summed E-state index contributed by atoms with van der Waals surface area (Å²) in [6, 6.07) is 10.0. The predicted molar refractivity (Wildman–Crippen MR) is 94.6 cm³/mol. The van der Waals surface area contributed by atoms with Crippen molar-refractivity contribution in [1.29, 1.82) is 0 Å². The van der Waals surface area contributed by atoms with Gasteiger partial charge in [-0.25, -0.2) is 9.59 Å². The number of hydrogen-bond donors (Lipinski definition) is 0. The molecule has 0 N–H and O–H groups in total. The molecule has 0 heterocycles. The Hall–Kier alpha value is -2.10. The maximum absolute atomic E-state index is 11.6. The molecule has 0 aliphatic rings. The number of carbonyl (C=O) groups excluding carboxylic acids is 2. The van der Waals surface area contributed by atoms with Crippen molar-refractivity contribution in [2.24, 2.45) is 0 Å². The molecule has 132 valence electrons. The van der Waals surface area contributed by atoms with Crippen LogP contribution in [-0.2, 0) is 25.5 Å². The third-order valence-corrected chi connectivity index (χ3v) is 3.58. The second kappa shape index (κ2) is 12.3. The van der Waals surface area contributed by atoms with Gasteiger partial charge in [0.05, 0.1) is 12.7 Å². The summed E-state index contributed by atoms with van der Waals surface area (Å²) >= 11 is 0. The number of carbonyl (C=O) groups is 2. The first-order valence-electron chi connectivity index (χ1n) is 8.71. The fourth-order valence-electron chi connectivity index (χ4n) is 2.26. The SMILES string of the molecule is CCCCCC(C)OC(=O)/C=C/C(=O)OCCCc1ccccc1. The number of aryl methyl sites for hydroxylation is 1. The van der Waals surface area contributed by atoms with E-state index in [4.69, 9.17) is 9.47 Å². The van der Waals surface area contributed by atoms with Crippen LogP contribution in [-0.4, -0.2) is 24.6 Å². The van der Waals surface area contributed by atoms with Crippen molar-refractivity contribution >= 4 is 11.9 Å². The summed E-state index contributed by atoms with van der Waals surface area (Å²) in [6.07, 6.45) is 7.90. The number of ether oxygens (including phenoxy) is 2. The number of rotatable bonds is 11. The highest BCUT2D eigenvalue weighted by Gasteiger charge is 2.07. The molecule has 0 aliphatic carbocycles. The topological polar surface area (TPSA) is 52.6 Å². The molecule has 0 amide bonds. The van der Waals surface area contributed by atoms with Crippen LogP contribution in [0.5, 0.6) is 0 Å². The summed E-state index contributed by atoms with van der Waals surface area (Å²) < 4.78 is 10.3. The summed E-state index contributed by atoms with van der Waals surface area (Å²) in [4.78, 5) is 23.1. The zero-order valence-corrected chi connectivity index (χ0v) is 14.7. The molecule has 0 saturated heterocycles. The first-order chi connectivity index (χ1) is 11.6. The van der Waals surface area contributed by atoms with Crippen molar-refractivity contribution in [3.8, 4) is 0 Å². The highest BCUT2D eigenvalue weighted by atomic mass is 16.5. The minimum atomic E-state index is -0.515. The van der Waals surface area contributed by atoms with Gasteiger partial charge in [0.15, 0.2) is 0 Å². The van der Waals surface area contributed by atoms with Crippen molar-refractivity contribution in [3.63, 3.8) is 0 Å². The molecule has 1 atom stereocenters. The van der Waals surface area contributed by atoms with Crippen LogP contribution in [0.15, 0.2) is 42.5 Å². The lowest BCUT2D eigenvalue weighted by Gasteiger charge is -2.10. The summed E-state index contributed by atoms with van der Waals surface area (Å²) in [5.41, 5.74) is 1.21. The molecule has 4 heteroatoms. The van der Waals surface area contributed by atoms with Crippen LogP contribution in [0.1, 0.15) is 51.5 Å². The van der Waals surface area contributed by atoms with Gasteiger partial charge >= 0.3 is 11.9 Å². The largest absolute Gasteiger partial charge is 0.463 e. The molecule has 0 aromatic heterocycles. The lowest BCUT2D eigenvalue weighted by molar-refractivity contribution is -0.143. The smallest absolute Gasteiger partial charge is 0.331 e. The fraction of sp³-hybridized carbons (Fsp3) is 0.500. The first-order valence-corrected chi connectivity index (χ1v) is 8.71. The maximum Gasteiger partial charge on any atom is 0.331 e. The van der Waals surface area contributed by atoms with Crippen LogP contribution in [0.3, 0.4) is 0 Å². The van der Waals surface area contributed by atoms with E-state index in [1.165, 1.54) is 5.56 Å². The van der Waals surface area contributed by atoms with E-state index in [0.717, 1.165) is 50.7 Å². The Morgan fingerprint density at radius 1 is 1.04 bits per heavy atom. The monoisotopic (exact) mass is 332 g/mol. The normalized spacial score (nSPS) is 12.1. The lowest BCUT2D eigenvalue weighted by Crippen LogP contribution is -2.13. The molecule has 4 nitrogen and oxygen atoms in total. The van der Waals surface area contributed by atoms with Gasteiger partial charge in [-0.05, 0) is 38.2 Å². The predicted octanol–water partition coefficient (Wildman–Crippen LogP) is 4.23. The van der Waals surface area contributed by atoms with Crippen molar-refractivity contribution in [3.05, 3.63) is 48.0 Å². The lowest BCUT2D eigenvalue weighted by atomic mass is 10.1. The minimum Gasteiger partial charge on any atom is -0.463 e. The van der Waals surface area contributed by atoms with Gasteiger partial charge in [0.1, 0.15) is 0 Å². The minimum absolute atomic E-state index is 0.129. The van der Waals surface area contributed by atoms with Crippen molar-refractivity contribution < 1.29 is 19.1 Å². The van der Waals surface area contributed by atoms with E-state index in [1.807, 2.05) is 37.3 Å². The molecule has 0 saturated carbocycles. The Morgan fingerprint density at radius 3 is 2.46 bits per heavy atom. The van der Waals surface area contributed by atoms with E-state index < -0.39 is 11.9 Å². The van der Waals surface area contributed by atoms with Gasteiger partial charge in [-0.3, -0.25) is 0 Å². The summed E-state index contributed by atoms with van der Waals surface area (Å²) in [6.45, 7) is 4.33. The van der Waals surface area contributed by atoms with Gasteiger partial charge in [0.25, 0.3) is 0 Å². The molecule has 1 rings (SSSR count). The Labute approximate surface area is 144 Å². The summed E-state index contributed by atoms with van der Waals surface area (Å²) in [5, 5.41) is 0. The van der Waals surface area contributed by atoms with Gasteiger partial charge in [-0.15, -0.1) is 0 Å². The zero-order valence-electron chi connectivity index (χ0n) is 14.7. The summed E-state index contributed by atoms with van der Waals surface area (Å²) in [5.74, 6) is -1.01. The van der Waals surface area contributed by atoms with E-state index in [0.29, 0.717) is 6.61 Å². The first kappa shape index (κ1) is 19.9. The van der Waals surface area contributed by atoms with Crippen LogP contribution >= 0.6 is 0 Å². The second-order valence-corrected chi connectivity index (χ2v) is 5.83. The van der Waals surface area contributed by atoms with Crippen LogP contribution in [0.25, 0.3) is 0 Å². The standard InChI is InChI=1S/C20H28O4/c1-3-4-6-10-17(2)24-20(22)15-14-19(21)23-16-9-13-18-11-7-5-8-12-18/h5,7-8,11-12,14-15,17H,3-4,6,9-10,13,16H2,1-2H3/b15-14+. The van der Waals surface area contributed by atoms with Gasteiger partial charge in [0, 0.05) is 12.2 Å². The number of hydrogen-bond acceptors (Lipinski definition) is 4. The van der Waals surface area contributed by atoms with Gasteiger partial charge in [0.2, 0.25) is 0 Å². The Kier molecular flexibility index (Phi) is 10.3. The Bertz CT molecular complexity index is 508. The van der Waals surface area contributed by atoms with Crippen LogP contribution in [0.2, 0.25) is 0 Å². The molecule has 0 bridgehead atoms. The second-order valence-electron chi connectivity index (χ2n) is 5.83. The molecule has 1 unspecified atom stereocenters. The van der Waals surface area contributed by atoms with E-state index in [2.05, 4.69) is 6.92 Å². The van der Waals surface area contributed by atoms with E-state index in [1.54, 1.807) is 0 Å². The average Bonchev–Trinajstić information content (AvgIpc) is 2.58. The summed E-state index contributed by atoms with van der Waals surface area (Å²) in [7, 11) is 0. The van der Waals surface area contributed by atoms with E-state index in [-0.39, 0.29) is 6.10 Å². The highest BCUT2D eigenvalue weighted by molar-refractivity contribution is 5.91. The van der Waals surface area contributed by atoms with Crippen LogP contribution in [0, 0.1) is 0 Å². The quantitative estimate of drug-likeness (QED) is 0.346. The zero-order chi connectivity index (χ0) is 17.6. The molecule has 0 aliphatic heterocycles. The molecule has 0 radical (unpaired) electrons. The third-order valence-electron chi connectivity index (χ3n) is 3.58. The number of benzene rings is 1. The van der Waals surface area contributed by atoms with Crippen molar-refractivity contribution in [2.45, 2.75) is 58.5 Å². The number of esters is 2. The molecule has 1 aromatic carbocycles. The molecule has 1 aromatic rings. The Morgan fingerprint density at radius 2 is 1.75 bits per heavy atom. The van der Waals surface area contributed by atoms with E-state index >= 15 is 0 Å². The average molecular weight is 332 g/mol. The van der Waals surface area contributed by atoms with Gasteiger partial charge < -0.3 is 9.47 Å². The molecular weight excluding hydrogens is 304 g/mol. The molecule has 24 heavy (non-hydrogen) atoms. The van der Waals surface area contributed by atoms with Crippen LogP contribution < -0.4 is 0 Å². The van der Waals surface area contributed by atoms with E-state index in [9.17, 15) is 9.59 Å². The van der Waals surface area contributed by atoms with Crippen molar-refractivity contribution in [2.75, 3.05) is 6.61 Å². The van der Waals surface area contributed by atoms with Crippen LogP contribution in [0.4, 0.5) is 0 Å². The highest BCUT2D eigenvalue weighted by Crippen LogP contribution is 2.06. The molecule has 0 spiro atoms. The number of unbranched alkanes of at least 4 members (excludes halogenated alkanes) is 2. The van der Waals surface area contributed by atoms with Gasteiger partial charge in [-0.1, -0.05) is 50.1 Å². The molecular formula is C20H28O4. The molecule has 0 fully saturated rings. The Balaban J connectivity index is 2.14.